The fourth-order valence-corrected chi connectivity index (χ4v) is 1.59. The molecular formula is C13H17ClN2O3. The van der Waals surface area contributed by atoms with Crippen LogP contribution in [-0.4, -0.2) is 17.4 Å². The average Bonchev–Trinajstić information content (AvgIpc) is 2.35. The standard InChI is InChI=1S/C13H17ClN2O3/c1-4-13(2,3)8-15-12(17)9-5-6-11(16(18)19)10(14)7-9/h5-7H,4,8H2,1-3H3,(H,15,17). The van der Waals surface area contributed by atoms with Crippen LogP contribution in [0.25, 0.3) is 0 Å². The molecule has 0 aliphatic rings. The number of carbonyl (C=O) groups excluding carboxylic acids is 1. The Bertz CT molecular complexity index is 501. The average molecular weight is 285 g/mol. The molecule has 19 heavy (non-hydrogen) atoms. The molecule has 5 nitrogen and oxygen atoms in total. The van der Waals surface area contributed by atoms with Crippen LogP contribution < -0.4 is 5.32 Å². The van der Waals surface area contributed by atoms with Gasteiger partial charge in [-0.2, -0.15) is 0 Å². The van der Waals surface area contributed by atoms with Crippen molar-refractivity contribution in [3.63, 3.8) is 0 Å². The Hall–Kier alpha value is -1.62. The van der Waals surface area contributed by atoms with Crippen molar-refractivity contribution in [2.24, 2.45) is 5.41 Å². The number of nitrogens with one attached hydrogen (secondary N) is 1. The predicted octanol–water partition coefficient (Wildman–Crippen LogP) is 3.41. The Morgan fingerprint density at radius 3 is 2.58 bits per heavy atom. The molecule has 104 valence electrons. The molecule has 0 saturated carbocycles. The number of nitrogens with zero attached hydrogens (tertiary/aromatic N) is 1. The Kier molecular flexibility index (Phi) is 4.89. The van der Waals surface area contributed by atoms with E-state index in [0.29, 0.717) is 12.1 Å². The number of hydrogen-bond donors (Lipinski definition) is 1. The summed E-state index contributed by atoms with van der Waals surface area (Å²) in [5.41, 5.74) is 0.134. The molecule has 1 aromatic carbocycles. The number of nitro groups is 1. The SMILES string of the molecule is CCC(C)(C)CNC(=O)c1ccc([N+](=O)[O-])c(Cl)c1. The van der Waals surface area contributed by atoms with E-state index in [0.717, 1.165) is 6.42 Å². The molecule has 0 heterocycles. The normalized spacial score (nSPS) is 11.2. The van der Waals surface area contributed by atoms with E-state index in [1.165, 1.54) is 18.2 Å². The predicted molar refractivity (Wildman–Crippen MR) is 74.5 cm³/mol. The Morgan fingerprint density at radius 2 is 2.11 bits per heavy atom. The fourth-order valence-electron chi connectivity index (χ4n) is 1.34. The van der Waals surface area contributed by atoms with Crippen LogP contribution in [-0.2, 0) is 0 Å². The molecule has 0 aromatic heterocycles. The van der Waals surface area contributed by atoms with Crippen LogP contribution in [0.4, 0.5) is 5.69 Å². The summed E-state index contributed by atoms with van der Waals surface area (Å²) in [7, 11) is 0. The van der Waals surface area contributed by atoms with Gasteiger partial charge < -0.3 is 5.32 Å². The van der Waals surface area contributed by atoms with E-state index in [1.807, 2.05) is 0 Å². The van der Waals surface area contributed by atoms with E-state index >= 15 is 0 Å². The highest BCUT2D eigenvalue weighted by atomic mass is 35.5. The van der Waals surface area contributed by atoms with Gasteiger partial charge in [-0.15, -0.1) is 0 Å². The molecule has 0 atom stereocenters. The van der Waals surface area contributed by atoms with Gasteiger partial charge in [-0.25, -0.2) is 0 Å². The van der Waals surface area contributed by atoms with Gasteiger partial charge in [-0.05, 0) is 24.0 Å². The van der Waals surface area contributed by atoms with Gasteiger partial charge in [0.05, 0.1) is 4.92 Å². The lowest BCUT2D eigenvalue weighted by Crippen LogP contribution is -2.33. The summed E-state index contributed by atoms with van der Waals surface area (Å²) in [5, 5.41) is 13.4. The maximum Gasteiger partial charge on any atom is 0.287 e. The zero-order valence-corrected chi connectivity index (χ0v) is 12.0. The second kappa shape index (κ2) is 6.02. The van der Waals surface area contributed by atoms with Crippen LogP contribution >= 0.6 is 11.6 Å². The minimum Gasteiger partial charge on any atom is -0.352 e. The van der Waals surface area contributed by atoms with Crippen molar-refractivity contribution in [2.75, 3.05) is 6.54 Å². The van der Waals surface area contributed by atoms with Gasteiger partial charge in [0.15, 0.2) is 0 Å². The number of hydrogen-bond acceptors (Lipinski definition) is 3. The summed E-state index contributed by atoms with van der Waals surface area (Å²) in [6.45, 7) is 6.69. The number of rotatable bonds is 5. The third kappa shape index (κ3) is 4.21. The maximum atomic E-state index is 11.9. The van der Waals surface area contributed by atoms with E-state index < -0.39 is 4.92 Å². The Labute approximate surface area is 117 Å². The highest BCUT2D eigenvalue weighted by Gasteiger charge is 2.18. The zero-order valence-electron chi connectivity index (χ0n) is 11.2. The molecule has 0 radical (unpaired) electrons. The maximum absolute atomic E-state index is 11.9. The molecule has 0 saturated heterocycles. The van der Waals surface area contributed by atoms with Gasteiger partial charge in [0, 0.05) is 18.2 Å². The van der Waals surface area contributed by atoms with Gasteiger partial charge in [0.2, 0.25) is 0 Å². The second-order valence-corrected chi connectivity index (χ2v) is 5.53. The van der Waals surface area contributed by atoms with Gasteiger partial charge in [-0.1, -0.05) is 32.4 Å². The monoisotopic (exact) mass is 284 g/mol. The molecule has 0 spiro atoms. The van der Waals surface area contributed by atoms with Crippen molar-refractivity contribution in [2.45, 2.75) is 27.2 Å². The molecule has 1 rings (SSSR count). The minimum atomic E-state index is -0.579. The molecule has 6 heteroatoms. The van der Waals surface area contributed by atoms with Crippen molar-refractivity contribution in [3.8, 4) is 0 Å². The molecule has 1 aromatic rings. The topological polar surface area (TPSA) is 72.2 Å². The summed E-state index contributed by atoms with van der Waals surface area (Å²) >= 11 is 5.76. The van der Waals surface area contributed by atoms with E-state index in [1.54, 1.807) is 0 Å². The molecule has 0 bridgehead atoms. The van der Waals surface area contributed by atoms with Crippen molar-refractivity contribution in [1.29, 1.82) is 0 Å². The highest BCUT2D eigenvalue weighted by molar-refractivity contribution is 6.33. The van der Waals surface area contributed by atoms with Crippen LogP contribution in [0.3, 0.4) is 0 Å². The van der Waals surface area contributed by atoms with Crippen LogP contribution in [0.1, 0.15) is 37.6 Å². The second-order valence-electron chi connectivity index (χ2n) is 5.12. The first-order chi connectivity index (χ1) is 8.76. The lowest BCUT2D eigenvalue weighted by Gasteiger charge is -2.22. The molecule has 0 aliphatic heterocycles. The molecule has 0 unspecified atom stereocenters. The number of amides is 1. The first-order valence-corrected chi connectivity index (χ1v) is 6.37. The fraction of sp³-hybridized carbons (Fsp3) is 0.462. The van der Waals surface area contributed by atoms with Crippen molar-refractivity contribution >= 4 is 23.2 Å². The van der Waals surface area contributed by atoms with Crippen LogP contribution in [0.2, 0.25) is 5.02 Å². The number of benzene rings is 1. The third-order valence-corrected chi connectivity index (χ3v) is 3.39. The van der Waals surface area contributed by atoms with Crippen LogP contribution in [0.5, 0.6) is 0 Å². The Balaban J connectivity index is 2.79. The number of halogens is 1. The van der Waals surface area contributed by atoms with Gasteiger partial charge in [0.1, 0.15) is 5.02 Å². The van der Waals surface area contributed by atoms with Crippen molar-refractivity contribution < 1.29 is 9.72 Å². The third-order valence-electron chi connectivity index (χ3n) is 3.09. The van der Waals surface area contributed by atoms with Gasteiger partial charge >= 0.3 is 0 Å². The lowest BCUT2D eigenvalue weighted by molar-refractivity contribution is -0.384. The summed E-state index contributed by atoms with van der Waals surface area (Å²) in [5.74, 6) is -0.279. The molecule has 0 fully saturated rings. The molecule has 0 aliphatic carbocycles. The quantitative estimate of drug-likeness (QED) is 0.665. The number of nitro benzene ring substituents is 1. The summed E-state index contributed by atoms with van der Waals surface area (Å²) in [4.78, 5) is 21.9. The molecule has 1 amide bonds. The molecule has 1 N–H and O–H groups in total. The smallest absolute Gasteiger partial charge is 0.287 e. The number of carbonyl (C=O) groups is 1. The summed E-state index contributed by atoms with van der Waals surface area (Å²) in [6, 6.07) is 3.95. The zero-order chi connectivity index (χ0) is 14.6. The first-order valence-electron chi connectivity index (χ1n) is 5.99. The lowest BCUT2D eigenvalue weighted by atomic mass is 9.90. The van der Waals surface area contributed by atoms with Crippen molar-refractivity contribution in [3.05, 3.63) is 38.9 Å². The summed E-state index contributed by atoms with van der Waals surface area (Å²) in [6.07, 6.45) is 0.939. The van der Waals surface area contributed by atoms with E-state index in [9.17, 15) is 14.9 Å². The Morgan fingerprint density at radius 1 is 1.47 bits per heavy atom. The van der Waals surface area contributed by atoms with Gasteiger partial charge in [0.25, 0.3) is 11.6 Å². The minimum absolute atomic E-state index is 0.0141. The van der Waals surface area contributed by atoms with Crippen LogP contribution in [0, 0.1) is 15.5 Å². The first kappa shape index (κ1) is 15.4. The van der Waals surface area contributed by atoms with Crippen molar-refractivity contribution in [1.82, 2.24) is 5.32 Å². The van der Waals surface area contributed by atoms with E-state index in [2.05, 4.69) is 26.1 Å². The largest absolute Gasteiger partial charge is 0.352 e. The van der Waals surface area contributed by atoms with Gasteiger partial charge in [-0.3, -0.25) is 14.9 Å². The van der Waals surface area contributed by atoms with E-state index in [4.69, 9.17) is 11.6 Å². The van der Waals surface area contributed by atoms with E-state index in [-0.39, 0.29) is 22.0 Å². The highest BCUT2D eigenvalue weighted by Crippen LogP contribution is 2.25. The summed E-state index contributed by atoms with van der Waals surface area (Å²) < 4.78 is 0. The van der Waals surface area contributed by atoms with Crippen LogP contribution in [0.15, 0.2) is 18.2 Å². The molecular weight excluding hydrogens is 268 g/mol.